The topological polar surface area (TPSA) is 38.9 Å². The number of aromatic nitrogens is 1. The first-order chi connectivity index (χ1) is 8.58. The lowest BCUT2D eigenvalue weighted by Crippen LogP contribution is -2.17. The molecule has 0 aliphatic rings. The normalized spacial score (nSPS) is 12.4. The maximum absolute atomic E-state index is 6.28. The van der Waals surface area contributed by atoms with Crippen molar-refractivity contribution in [3.05, 3.63) is 64.5 Å². The molecule has 2 aromatic rings. The second-order valence-corrected chi connectivity index (χ2v) is 4.95. The Morgan fingerprint density at radius 1 is 1.11 bits per heavy atom. The van der Waals surface area contributed by atoms with Crippen LogP contribution < -0.4 is 5.73 Å². The smallest absolute Gasteiger partial charge is 0.0603 e. The molecule has 2 rings (SSSR count). The van der Waals surface area contributed by atoms with Crippen molar-refractivity contribution in [1.82, 2.24) is 4.98 Å². The molecule has 2 heteroatoms. The van der Waals surface area contributed by atoms with Gasteiger partial charge in [-0.2, -0.15) is 0 Å². The molecule has 1 heterocycles. The van der Waals surface area contributed by atoms with Crippen LogP contribution in [0.3, 0.4) is 0 Å². The number of hydrogen-bond acceptors (Lipinski definition) is 2. The SMILES string of the molecule is Cc1cnc(C(N)Cc2ccccc2C)c(C)c1. The fourth-order valence-electron chi connectivity index (χ4n) is 2.29. The molecule has 0 saturated heterocycles. The zero-order chi connectivity index (χ0) is 13.1. The maximum atomic E-state index is 6.28. The molecule has 0 aliphatic carbocycles. The lowest BCUT2D eigenvalue weighted by atomic mass is 9.97. The second-order valence-electron chi connectivity index (χ2n) is 4.95. The van der Waals surface area contributed by atoms with E-state index in [4.69, 9.17) is 5.73 Å². The second kappa shape index (κ2) is 5.32. The van der Waals surface area contributed by atoms with Crippen molar-refractivity contribution in [2.75, 3.05) is 0 Å². The van der Waals surface area contributed by atoms with Gasteiger partial charge in [0.2, 0.25) is 0 Å². The average molecular weight is 240 g/mol. The largest absolute Gasteiger partial charge is 0.322 e. The van der Waals surface area contributed by atoms with Gasteiger partial charge >= 0.3 is 0 Å². The Kier molecular flexibility index (Phi) is 3.78. The molecule has 94 valence electrons. The van der Waals surface area contributed by atoms with E-state index in [1.807, 2.05) is 6.20 Å². The van der Waals surface area contributed by atoms with Crippen molar-refractivity contribution in [3.8, 4) is 0 Å². The molecule has 0 aliphatic heterocycles. The molecule has 0 radical (unpaired) electrons. The molecule has 0 amide bonds. The quantitative estimate of drug-likeness (QED) is 0.894. The van der Waals surface area contributed by atoms with Gasteiger partial charge in [-0.15, -0.1) is 0 Å². The standard InChI is InChI=1S/C16H20N2/c1-11-8-13(3)16(18-10-11)15(17)9-14-7-5-4-6-12(14)2/h4-8,10,15H,9,17H2,1-3H3. The monoisotopic (exact) mass is 240 g/mol. The van der Waals surface area contributed by atoms with E-state index in [0.717, 1.165) is 12.1 Å². The summed E-state index contributed by atoms with van der Waals surface area (Å²) >= 11 is 0. The van der Waals surface area contributed by atoms with E-state index in [1.165, 1.54) is 22.3 Å². The zero-order valence-electron chi connectivity index (χ0n) is 11.3. The van der Waals surface area contributed by atoms with Gasteiger partial charge in [0, 0.05) is 6.20 Å². The first-order valence-corrected chi connectivity index (χ1v) is 6.31. The molecule has 0 spiro atoms. The third kappa shape index (κ3) is 2.77. The lowest BCUT2D eigenvalue weighted by molar-refractivity contribution is 0.687. The Morgan fingerprint density at radius 2 is 1.83 bits per heavy atom. The predicted molar refractivity (Wildman–Crippen MR) is 75.5 cm³/mol. The maximum Gasteiger partial charge on any atom is 0.0603 e. The molecule has 2 N–H and O–H groups in total. The predicted octanol–water partition coefficient (Wildman–Crippen LogP) is 3.25. The molecule has 1 aromatic heterocycles. The highest BCUT2D eigenvalue weighted by Gasteiger charge is 2.12. The Balaban J connectivity index is 2.22. The summed E-state index contributed by atoms with van der Waals surface area (Å²) in [4.78, 5) is 4.48. The Morgan fingerprint density at radius 3 is 2.50 bits per heavy atom. The number of nitrogens with zero attached hydrogens (tertiary/aromatic N) is 1. The van der Waals surface area contributed by atoms with Crippen LogP contribution >= 0.6 is 0 Å². The summed E-state index contributed by atoms with van der Waals surface area (Å²) in [6, 6.07) is 10.5. The first-order valence-electron chi connectivity index (χ1n) is 6.31. The van der Waals surface area contributed by atoms with Crippen molar-refractivity contribution < 1.29 is 0 Å². The van der Waals surface area contributed by atoms with Gasteiger partial charge in [0.1, 0.15) is 0 Å². The Hall–Kier alpha value is -1.67. The summed E-state index contributed by atoms with van der Waals surface area (Å²) < 4.78 is 0. The molecule has 0 fully saturated rings. The molecule has 2 nitrogen and oxygen atoms in total. The van der Waals surface area contributed by atoms with Gasteiger partial charge in [-0.25, -0.2) is 0 Å². The highest BCUT2D eigenvalue weighted by Crippen LogP contribution is 2.20. The van der Waals surface area contributed by atoms with Crippen molar-refractivity contribution in [1.29, 1.82) is 0 Å². The minimum atomic E-state index is -0.0355. The van der Waals surface area contributed by atoms with Gasteiger partial charge < -0.3 is 5.73 Å². The van der Waals surface area contributed by atoms with E-state index in [1.54, 1.807) is 0 Å². The van der Waals surface area contributed by atoms with Gasteiger partial charge in [0.05, 0.1) is 11.7 Å². The van der Waals surface area contributed by atoms with Crippen LogP contribution in [0.1, 0.15) is 34.0 Å². The fourth-order valence-corrected chi connectivity index (χ4v) is 2.29. The van der Waals surface area contributed by atoms with Crippen LogP contribution in [-0.4, -0.2) is 4.98 Å². The Bertz CT molecular complexity index is 547. The van der Waals surface area contributed by atoms with Crippen LogP contribution in [0, 0.1) is 20.8 Å². The number of nitrogens with two attached hydrogens (primary N) is 1. The average Bonchev–Trinajstić information content (AvgIpc) is 2.32. The molecule has 1 aromatic carbocycles. The van der Waals surface area contributed by atoms with Crippen LogP contribution in [-0.2, 0) is 6.42 Å². The van der Waals surface area contributed by atoms with Crippen molar-refractivity contribution in [2.45, 2.75) is 33.2 Å². The summed E-state index contributed by atoms with van der Waals surface area (Å²) in [6.07, 6.45) is 2.73. The van der Waals surface area contributed by atoms with Crippen LogP contribution in [0.4, 0.5) is 0 Å². The van der Waals surface area contributed by atoms with E-state index >= 15 is 0 Å². The summed E-state index contributed by atoms with van der Waals surface area (Å²) in [6.45, 7) is 6.25. The van der Waals surface area contributed by atoms with E-state index in [2.05, 4.69) is 56.1 Å². The summed E-state index contributed by atoms with van der Waals surface area (Å²) in [5, 5.41) is 0. The summed E-state index contributed by atoms with van der Waals surface area (Å²) in [5.41, 5.74) is 12.2. The number of aryl methyl sites for hydroxylation is 3. The summed E-state index contributed by atoms with van der Waals surface area (Å²) in [5.74, 6) is 0. The zero-order valence-corrected chi connectivity index (χ0v) is 11.3. The van der Waals surface area contributed by atoms with Gasteiger partial charge in [0.15, 0.2) is 0 Å². The van der Waals surface area contributed by atoms with E-state index < -0.39 is 0 Å². The fraction of sp³-hybridized carbons (Fsp3) is 0.312. The molecule has 0 saturated carbocycles. The Labute approximate surface area is 109 Å². The number of benzene rings is 1. The van der Waals surface area contributed by atoms with E-state index in [-0.39, 0.29) is 6.04 Å². The third-order valence-corrected chi connectivity index (χ3v) is 3.31. The van der Waals surface area contributed by atoms with Crippen LogP contribution in [0.5, 0.6) is 0 Å². The van der Waals surface area contributed by atoms with Gasteiger partial charge in [-0.3, -0.25) is 4.98 Å². The number of hydrogen-bond donors (Lipinski definition) is 1. The summed E-state index contributed by atoms with van der Waals surface area (Å²) in [7, 11) is 0. The van der Waals surface area contributed by atoms with Gasteiger partial charge in [-0.05, 0) is 49.4 Å². The van der Waals surface area contributed by atoms with Crippen molar-refractivity contribution in [3.63, 3.8) is 0 Å². The highest BCUT2D eigenvalue weighted by molar-refractivity contribution is 5.30. The molecule has 1 atom stereocenters. The molecule has 0 bridgehead atoms. The minimum Gasteiger partial charge on any atom is -0.322 e. The van der Waals surface area contributed by atoms with E-state index in [0.29, 0.717) is 0 Å². The minimum absolute atomic E-state index is 0.0355. The molecular weight excluding hydrogens is 220 g/mol. The van der Waals surface area contributed by atoms with Crippen molar-refractivity contribution >= 4 is 0 Å². The van der Waals surface area contributed by atoms with Gasteiger partial charge in [-0.1, -0.05) is 30.3 Å². The lowest BCUT2D eigenvalue weighted by Gasteiger charge is -2.15. The highest BCUT2D eigenvalue weighted by atomic mass is 14.8. The van der Waals surface area contributed by atoms with Crippen molar-refractivity contribution in [2.24, 2.45) is 5.73 Å². The van der Waals surface area contributed by atoms with Crippen LogP contribution in [0.15, 0.2) is 36.5 Å². The molecule has 18 heavy (non-hydrogen) atoms. The number of rotatable bonds is 3. The number of pyridine rings is 1. The van der Waals surface area contributed by atoms with Crippen LogP contribution in [0.25, 0.3) is 0 Å². The molecule has 1 unspecified atom stereocenters. The van der Waals surface area contributed by atoms with Crippen LogP contribution in [0.2, 0.25) is 0 Å². The first kappa shape index (κ1) is 12.8. The van der Waals surface area contributed by atoms with E-state index in [9.17, 15) is 0 Å². The van der Waals surface area contributed by atoms with Gasteiger partial charge in [0.25, 0.3) is 0 Å². The molecular formula is C16H20N2. The third-order valence-electron chi connectivity index (χ3n) is 3.31.